The first-order valence-corrected chi connectivity index (χ1v) is 6.38. The molecule has 0 aliphatic rings. The first kappa shape index (κ1) is 15.2. The lowest BCUT2D eigenvalue weighted by atomic mass is 10.5. The summed E-state index contributed by atoms with van der Waals surface area (Å²) >= 11 is 5.85. The van der Waals surface area contributed by atoms with E-state index in [-0.39, 0.29) is 5.28 Å². The molecule has 1 rings (SSSR count). The monoisotopic (exact) mass is 287 g/mol. The van der Waals surface area contributed by atoms with Crippen molar-refractivity contribution in [3.63, 3.8) is 0 Å². The Labute approximate surface area is 116 Å². The summed E-state index contributed by atoms with van der Waals surface area (Å²) in [5.74, 6) is 0.892. The molecule has 0 aliphatic carbocycles. The standard InChI is InChI=1S/C10H18ClN7O/c1-3-18(4-2)10-16-7(11)15-9(17-10)14-6-5-13-8(12)19/h3-6H2,1-2H3,(H3,12,13,19)(H,14,15,16,17). The van der Waals surface area contributed by atoms with Crippen LogP contribution in [-0.2, 0) is 0 Å². The number of halogens is 1. The zero-order valence-electron chi connectivity index (χ0n) is 11.0. The average Bonchev–Trinajstić information content (AvgIpc) is 2.35. The molecule has 0 fully saturated rings. The van der Waals surface area contributed by atoms with Gasteiger partial charge < -0.3 is 21.3 Å². The van der Waals surface area contributed by atoms with Crippen molar-refractivity contribution in [2.24, 2.45) is 5.73 Å². The van der Waals surface area contributed by atoms with Crippen molar-refractivity contribution in [1.82, 2.24) is 20.3 Å². The number of amides is 2. The maximum Gasteiger partial charge on any atom is 0.312 e. The largest absolute Gasteiger partial charge is 0.352 e. The van der Waals surface area contributed by atoms with Gasteiger partial charge in [-0.05, 0) is 25.4 Å². The third-order valence-corrected chi connectivity index (χ3v) is 2.52. The minimum atomic E-state index is -0.570. The first-order chi connectivity index (χ1) is 9.06. The number of carbonyl (C=O) groups is 1. The third-order valence-electron chi connectivity index (χ3n) is 2.35. The molecule has 0 saturated carbocycles. The van der Waals surface area contributed by atoms with Gasteiger partial charge in [0, 0.05) is 26.2 Å². The predicted octanol–water partition coefficient (Wildman–Crippen LogP) is 0.451. The first-order valence-electron chi connectivity index (χ1n) is 6.00. The van der Waals surface area contributed by atoms with Gasteiger partial charge in [0.25, 0.3) is 0 Å². The highest BCUT2D eigenvalue weighted by molar-refractivity contribution is 6.28. The second kappa shape index (κ2) is 7.57. The van der Waals surface area contributed by atoms with E-state index in [0.717, 1.165) is 13.1 Å². The van der Waals surface area contributed by atoms with Crippen LogP contribution in [0.2, 0.25) is 5.28 Å². The Hall–Kier alpha value is -1.83. The van der Waals surface area contributed by atoms with E-state index in [1.165, 1.54) is 0 Å². The number of nitrogens with one attached hydrogen (secondary N) is 2. The number of nitrogens with zero attached hydrogens (tertiary/aromatic N) is 4. The molecule has 1 aromatic heterocycles. The van der Waals surface area contributed by atoms with Gasteiger partial charge in [-0.25, -0.2) is 4.79 Å². The molecule has 2 amide bonds. The fourth-order valence-corrected chi connectivity index (χ4v) is 1.58. The van der Waals surface area contributed by atoms with E-state index in [0.29, 0.717) is 25.0 Å². The van der Waals surface area contributed by atoms with Crippen LogP contribution in [0.4, 0.5) is 16.7 Å². The van der Waals surface area contributed by atoms with Crippen molar-refractivity contribution in [3.05, 3.63) is 5.28 Å². The molecular weight excluding hydrogens is 270 g/mol. The number of aromatic nitrogens is 3. The minimum absolute atomic E-state index is 0.127. The Morgan fingerprint density at radius 3 is 2.53 bits per heavy atom. The van der Waals surface area contributed by atoms with E-state index >= 15 is 0 Å². The van der Waals surface area contributed by atoms with Gasteiger partial charge in [-0.15, -0.1) is 0 Å². The number of carbonyl (C=O) groups excluding carboxylic acids is 1. The van der Waals surface area contributed by atoms with Crippen LogP contribution >= 0.6 is 11.6 Å². The number of anilines is 2. The number of urea groups is 1. The van der Waals surface area contributed by atoms with Gasteiger partial charge in [0.1, 0.15) is 0 Å². The molecule has 1 heterocycles. The second-order valence-corrected chi connectivity index (χ2v) is 3.96. The summed E-state index contributed by atoms with van der Waals surface area (Å²) < 4.78 is 0. The molecule has 9 heteroatoms. The molecule has 4 N–H and O–H groups in total. The van der Waals surface area contributed by atoms with Crippen molar-refractivity contribution >= 4 is 29.5 Å². The summed E-state index contributed by atoms with van der Waals surface area (Å²) in [5, 5.41) is 5.52. The summed E-state index contributed by atoms with van der Waals surface area (Å²) in [4.78, 5) is 24.8. The molecule has 0 radical (unpaired) electrons. The molecule has 8 nitrogen and oxygen atoms in total. The predicted molar refractivity (Wildman–Crippen MR) is 74.5 cm³/mol. The highest BCUT2D eigenvalue weighted by Gasteiger charge is 2.09. The van der Waals surface area contributed by atoms with Gasteiger partial charge in [-0.3, -0.25) is 0 Å². The van der Waals surface area contributed by atoms with Crippen LogP contribution in [0.25, 0.3) is 0 Å². The molecular formula is C10H18ClN7O. The summed E-state index contributed by atoms with van der Waals surface area (Å²) in [6.45, 7) is 6.38. The van der Waals surface area contributed by atoms with Crippen LogP contribution < -0.4 is 21.3 Å². The van der Waals surface area contributed by atoms with E-state index in [2.05, 4.69) is 25.6 Å². The number of nitrogens with two attached hydrogens (primary N) is 1. The average molecular weight is 288 g/mol. The van der Waals surface area contributed by atoms with E-state index in [9.17, 15) is 4.79 Å². The summed E-state index contributed by atoms with van der Waals surface area (Å²) in [6.07, 6.45) is 0. The molecule has 1 aromatic rings. The van der Waals surface area contributed by atoms with Crippen LogP contribution in [0.15, 0.2) is 0 Å². The fraction of sp³-hybridized carbons (Fsp3) is 0.600. The van der Waals surface area contributed by atoms with Gasteiger partial charge in [0.05, 0.1) is 0 Å². The molecule has 0 aromatic carbocycles. The van der Waals surface area contributed by atoms with Crippen LogP contribution in [0.1, 0.15) is 13.8 Å². The van der Waals surface area contributed by atoms with Gasteiger partial charge in [0.15, 0.2) is 0 Å². The van der Waals surface area contributed by atoms with E-state index in [1.807, 2.05) is 18.7 Å². The smallest absolute Gasteiger partial charge is 0.312 e. The highest BCUT2D eigenvalue weighted by Crippen LogP contribution is 2.13. The number of primary amides is 1. The van der Waals surface area contributed by atoms with Gasteiger partial charge in [-0.1, -0.05) is 0 Å². The van der Waals surface area contributed by atoms with Crippen LogP contribution in [0.5, 0.6) is 0 Å². The second-order valence-electron chi connectivity index (χ2n) is 3.62. The van der Waals surface area contributed by atoms with Crippen molar-refractivity contribution in [2.75, 3.05) is 36.4 Å². The fourth-order valence-electron chi connectivity index (χ4n) is 1.43. The topological polar surface area (TPSA) is 109 Å². The zero-order chi connectivity index (χ0) is 14.3. The molecule has 0 aliphatic heterocycles. The lowest BCUT2D eigenvalue weighted by Crippen LogP contribution is -2.33. The van der Waals surface area contributed by atoms with Gasteiger partial charge >= 0.3 is 6.03 Å². The molecule has 0 saturated heterocycles. The van der Waals surface area contributed by atoms with E-state index in [4.69, 9.17) is 17.3 Å². The Morgan fingerprint density at radius 2 is 1.95 bits per heavy atom. The number of hydrogen-bond donors (Lipinski definition) is 3. The quantitative estimate of drug-likeness (QED) is 0.628. The van der Waals surface area contributed by atoms with Crippen LogP contribution in [0, 0.1) is 0 Å². The van der Waals surface area contributed by atoms with Crippen molar-refractivity contribution in [1.29, 1.82) is 0 Å². The van der Waals surface area contributed by atoms with Gasteiger partial charge in [-0.2, -0.15) is 15.0 Å². The number of rotatable bonds is 7. The summed E-state index contributed by atoms with van der Waals surface area (Å²) in [7, 11) is 0. The van der Waals surface area contributed by atoms with Crippen LogP contribution in [0.3, 0.4) is 0 Å². The Balaban J connectivity index is 2.65. The summed E-state index contributed by atoms with van der Waals surface area (Å²) in [6, 6.07) is -0.570. The zero-order valence-corrected chi connectivity index (χ0v) is 11.7. The molecule has 0 bridgehead atoms. The Kier molecular flexibility index (Phi) is 6.07. The highest BCUT2D eigenvalue weighted by atomic mass is 35.5. The van der Waals surface area contributed by atoms with Crippen molar-refractivity contribution < 1.29 is 4.79 Å². The number of hydrogen-bond acceptors (Lipinski definition) is 6. The minimum Gasteiger partial charge on any atom is -0.352 e. The normalized spacial score (nSPS) is 10.1. The maximum absolute atomic E-state index is 10.5. The molecule has 0 unspecified atom stereocenters. The SMILES string of the molecule is CCN(CC)c1nc(Cl)nc(NCCNC(N)=O)n1. The molecule has 19 heavy (non-hydrogen) atoms. The van der Waals surface area contributed by atoms with E-state index in [1.54, 1.807) is 0 Å². The molecule has 0 atom stereocenters. The lowest BCUT2D eigenvalue weighted by Gasteiger charge is -2.18. The van der Waals surface area contributed by atoms with Crippen LogP contribution in [-0.4, -0.2) is 47.2 Å². The maximum atomic E-state index is 10.5. The van der Waals surface area contributed by atoms with Crippen molar-refractivity contribution in [2.45, 2.75) is 13.8 Å². The lowest BCUT2D eigenvalue weighted by molar-refractivity contribution is 0.249. The molecule has 106 valence electrons. The Morgan fingerprint density at radius 1 is 1.26 bits per heavy atom. The van der Waals surface area contributed by atoms with Gasteiger partial charge in [0.2, 0.25) is 17.2 Å². The molecule has 0 spiro atoms. The summed E-state index contributed by atoms with van der Waals surface area (Å²) in [5.41, 5.74) is 4.95. The Bertz CT molecular complexity index is 424. The third kappa shape index (κ3) is 5.12. The van der Waals surface area contributed by atoms with Crippen molar-refractivity contribution in [3.8, 4) is 0 Å². The van der Waals surface area contributed by atoms with E-state index < -0.39 is 6.03 Å².